The normalized spacial score (nSPS) is 12.0. The van der Waals surface area contributed by atoms with Crippen LogP contribution in [-0.4, -0.2) is 22.2 Å². The highest BCUT2D eigenvalue weighted by atomic mass is 35.5. The molecule has 28 heavy (non-hydrogen) atoms. The van der Waals surface area contributed by atoms with E-state index in [1.165, 1.54) is 0 Å². The first-order valence-corrected chi connectivity index (χ1v) is 9.72. The van der Waals surface area contributed by atoms with Crippen LogP contribution in [0.5, 0.6) is 0 Å². The van der Waals surface area contributed by atoms with Gasteiger partial charge in [0.25, 0.3) is 0 Å². The van der Waals surface area contributed by atoms with Crippen molar-refractivity contribution in [3.8, 4) is 5.69 Å². The summed E-state index contributed by atoms with van der Waals surface area (Å²) in [5.74, 6) is -0.143. The van der Waals surface area contributed by atoms with Crippen molar-refractivity contribution in [2.24, 2.45) is 0 Å². The number of amides is 1. The quantitative estimate of drug-likeness (QED) is 0.588. The summed E-state index contributed by atoms with van der Waals surface area (Å²) in [5.41, 5.74) is 4.22. The van der Waals surface area contributed by atoms with Gasteiger partial charge in [-0.15, -0.1) is 0 Å². The van der Waals surface area contributed by atoms with Gasteiger partial charge in [0, 0.05) is 16.1 Å². The molecule has 1 heterocycles. The topological polar surface area (TPSA) is 59.0 Å². The Balaban J connectivity index is 1.66. The fourth-order valence-corrected chi connectivity index (χ4v) is 3.61. The first-order valence-electron chi connectivity index (χ1n) is 8.96. The molecule has 0 spiro atoms. The van der Waals surface area contributed by atoms with Gasteiger partial charge >= 0.3 is 0 Å². The molecule has 0 radical (unpaired) electrons. The molecule has 0 saturated heterocycles. The fourth-order valence-electron chi connectivity index (χ4n) is 3.04. The van der Waals surface area contributed by atoms with Gasteiger partial charge in [-0.25, -0.2) is 4.68 Å². The number of halogens is 2. The zero-order valence-corrected chi connectivity index (χ0v) is 17.5. The molecule has 1 amide bonds. The first kappa shape index (κ1) is 20.4. The summed E-state index contributed by atoms with van der Waals surface area (Å²) in [7, 11) is 0. The molecule has 0 aliphatic carbocycles. The molecular formula is C21H22Cl2N4O. The van der Waals surface area contributed by atoms with E-state index in [9.17, 15) is 4.79 Å². The maximum absolute atomic E-state index is 12.5. The lowest BCUT2D eigenvalue weighted by atomic mass is 10.1. The summed E-state index contributed by atoms with van der Waals surface area (Å²) in [5, 5.41) is 11.9. The zero-order valence-electron chi connectivity index (χ0n) is 16.0. The molecule has 1 aromatic heterocycles. The second-order valence-electron chi connectivity index (χ2n) is 6.61. The van der Waals surface area contributed by atoms with Crippen LogP contribution >= 0.6 is 23.2 Å². The average Bonchev–Trinajstić information content (AvgIpc) is 2.95. The average molecular weight is 417 g/mol. The Kier molecular flexibility index (Phi) is 6.39. The number of aromatic nitrogens is 2. The summed E-state index contributed by atoms with van der Waals surface area (Å²) in [6, 6.07) is 15.1. The highest BCUT2D eigenvalue weighted by molar-refractivity contribution is 6.35. The maximum Gasteiger partial charge on any atom is 0.238 e. The van der Waals surface area contributed by atoms with Crippen LogP contribution in [-0.2, 0) is 4.79 Å². The monoisotopic (exact) mass is 416 g/mol. The van der Waals surface area contributed by atoms with Gasteiger partial charge in [-0.3, -0.25) is 4.79 Å². The lowest BCUT2D eigenvalue weighted by molar-refractivity contribution is -0.115. The molecule has 146 valence electrons. The van der Waals surface area contributed by atoms with E-state index in [1.54, 1.807) is 12.1 Å². The van der Waals surface area contributed by atoms with Crippen LogP contribution in [0.15, 0.2) is 48.5 Å². The van der Waals surface area contributed by atoms with Crippen molar-refractivity contribution < 1.29 is 4.79 Å². The van der Waals surface area contributed by atoms with Gasteiger partial charge in [-0.05, 0) is 50.6 Å². The second kappa shape index (κ2) is 8.78. The molecular weight excluding hydrogens is 395 g/mol. The lowest BCUT2D eigenvalue weighted by Gasteiger charge is -2.16. The lowest BCUT2D eigenvalue weighted by Crippen LogP contribution is -2.30. The SMILES string of the molecule is Cc1nn(-c2ccccc2)c(C)c1NC(=O)CN[C@H](C)c1ccc(Cl)cc1Cl. The Morgan fingerprint density at radius 1 is 1.14 bits per heavy atom. The Hall–Kier alpha value is -2.34. The molecule has 0 aliphatic rings. The minimum absolute atomic E-state index is 0.0928. The molecule has 1 atom stereocenters. The van der Waals surface area contributed by atoms with Crippen LogP contribution in [0.2, 0.25) is 10.0 Å². The van der Waals surface area contributed by atoms with E-state index >= 15 is 0 Å². The van der Waals surface area contributed by atoms with Crippen LogP contribution in [0.3, 0.4) is 0 Å². The Labute approximate surface area is 174 Å². The van der Waals surface area contributed by atoms with Gasteiger partial charge in [0.05, 0.1) is 29.3 Å². The Morgan fingerprint density at radius 3 is 2.54 bits per heavy atom. The van der Waals surface area contributed by atoms with E-state index in [0.717, 1.165) is 28.3 Å². The van der Waals surface area contributed by atoms with Gasteiger partial charge < -0.3 is 10.6 Å². The van der Waals surface area contributed by atoms with Crippen molar-refractivity contribution in [1.82, 2.24) is 15.1 Å². The van der Waals surface area contributed by atoms with Crippen molar-refractivity contribution in [2.45, 2.75) is 26.8 Å². The third kappa shape index (κ3) is 4.55. The number of nitrogens with one attached hydrogen (secondary N) is 2. The fraction of sp³-hybridized carbons (Fsp3) is 0.238. The number of carbonyl (C=O) groups excluding carboxylic acids is 1. The number of para-hydroxylation sites is 1. The number of rotatable bonds is 6. The molecule has 3 rings (SSSR count). The second-order valence-corrected chi connectivity index (χ2v) is 7.45. The number of nitrogens with zero attached hydrogens (tertiary/aromatic N) is 2. The van der Waals surface area contributed by atoms with Crippen molar-refractivity contribution >= 4 is 34.8 Å². The van der Waals surface area contributed by atoms with Crippen LogP contribution in [0.25, 0.3) is 5.69 Å². The number of hydrogen-bond acceptors (Lipinski definition) is 3. The van der Waals surface area contributed by atoms with E-state index in [4.69, 9.17) is 23.2 Å². The zero-order chi connectivity index (χ0) is 20.3. The Morgan fingerprint density at radius 2 is 1.86 bits per heavy atom. The van der Waals surface area contributed by atoms with Gasteiger partial charge in [0.1, 0.15) is 0 Å². The van der Waals surface area contributed by atoms with E-state index < -0.39 is 0 Å². The minimum atomic E-state index is -0.143. The van der Waals surface area contributed by atoms with Crippen LogP contribution < -0.4 is 10.6 Å². The highest BCUT2D eigenvalue weighted by Gasteiger charge is 2.16. The predicted octanol–water partition coefficient (Wildman–Crippen LogP) is 5.09. The molecule has 0 unspecified atom stereocenters. The third-order valence-corrected chi connectivity index (χ3v) is 5.12. The summed E-state index contributed by atoms with van der Waals surface area (Å²) in [4.78, 5) is 12.5. The Bertz CT molecular complexity index is 986. The van der Waals surface area contributed by atoms with E-state index in [0.29, 0.717) is 10.0 Å². The van der Waals surface area contributed by atoms with Crippen LogP contribution in [0, 0.1) is 13.8 Å². The number of carbonyl (C=O) groups is 1. The highest BCUT2D eigenvalue weighted by Crippen LogP contribution is 2.26. The predicted molar refractivity (Wildman–Crippen MR) is 115 cm³/mol. The molecule has 0 fully saturated rings. The first-order chi connectivity index (χ1) is 13.4. The summed E-state index contributed by atoms with van der Waals surface area (Å²) < 4.78 is 1.83. The molecule has 3 aromatic rings. The largest absolute Gasteiger partial charge is 0.322 e. The van der Waals surface area contributed by atoms with Gasteiger partial charge in [-0.2, -0.15) is 5.10 Å². The van der Waals surface area contributed by atoms with Crippen molar-refractivity contribution in [2.75, 3.05) is 11.9 Å². The molecule has 0 aliphatic heterocycles. The van der Waals surface area contributed by atoms with Crippen molar-refractivity contribution in [1.29, 1.82) is 0 Å². The summed E-state index contributed by atoms with van der Waals surface area (Å²) >= 11 is 12.2. The summed E-state index contributed by atoms with van der Waals surface area (Å²) in [6.45, 7) is 5.92. The number of benzene rings is 2. The van der Waals surface area contributed by atoms with Crippen molar-refractivity contribution in [3.05, 3.63) is 75.5 Å². The maximum atomic E-state index is 12.5. The van der Waals surface area contributed by atoms with Crippen molar-refractivity contribution in [3.63, 3.8) is 0 Å². The molecule has 2 N–H and O–H groups in total. The van der Waals surface area contributed by atoms with E-state index in [2.05, 4.69) is 15.7 Å². The number of aryl methyl sites for hydroxylation is 1. The van der Waals surface area contributed by atoms with E-state index in [1.807, 2.05) is 61.9 Å². The molecule has 0 bridgehead atoms. The van der Waals surface area contributed by atoms with Gasteiger partial charge in [0.15, 0.2) is 0 Å². The summed E-state index contributed by atoms with van der Waals surface area (Å²) in [6.07, 6.45) is 0. The third-order valence-electron chi connectivity index (χ3n) is 4.55. The molecule has 7 heteroatoms. The molecule has 5 nitrogen and oxygen atoms in total. The molecule has 2 aromatic carbocycles. The molecule has 0 saturated carbocycles. The number of hydrogen-bond donors (Lipinski definition) is 2. The van der Waals surface area contributed by atoms with E-state index in [-0.39, 0.29) is 18.5 Å². The van der Waals surface area contributed by atoms with Crippen LogP contribution in [0.4, 0.5) is 5.69 Å². The minimum Gasteiger partial charge on any atom is -0.322 e. The van der Waals surface area contributed by atoms with Gasteiger partial charge in [0.2, 0.25) is 5.91 Å². The van der Waals surface area contributed by atoms with Gasteiger partial charge in [-0.1, -0.05) is 47.5 Å². The standard InChI is InChI=1S/C21H22Cl2N4O/c1-13(18-10-9-16(22)11-19(18)23)24-12-20(28)25-21-14(2)26-27(15(21)3)17-7-5-4-6-8-17/h4-11,13,24H,12H2,1-3H3,(H,25,28)/t13-/m1/s1. The van der Waals surface area contributed by atoms with Crippen LogP contribution in [0.1, 0.15) is 29.9 Å². The smallest absolute Gasteiger partial charge is 0.238 e. The number of anilines is 1.